The smallest absolute Gasteiger partial charge is 0.242 e. The number of amides is 1. The molecular weight excluding hydrogens is 376 g/mol. The highest BCUT2D eigenvalue weighted by Gasteiger charge is 2.31. The van der Waals surface area contributed by atoms with Gasteiger partial charge in [-0.05, 0) is 42.3 Å². The van der Waals surface area contributed by atoms with Crippen molar-refractivity contribution in [1.29, 1.82) is 0 Å². The Kier molecular flexibility index (Phi) is 5.50. The summed E-state index contributed by atoms with van der Waals surface area (Å²) < 4.78 is 32.5. The number of halogens is 1. The van der Waals surface area contributed by atoms with Crippen molar-refractivity contribution in [3.8, 4) is 5.75 Å². The molecule has 0 radical (unpaired) electrons. The van der Waals surface area contributed by atoms with E-state index in [1.165, 1.54) is 12.1 Å². The molecule has 1 amide bonds. The molecule has 0 bridgehead atoms. The Morgan fingerprint density at radius 2 is 1.88 bits per heavy atom. The van der Waals surface area contributed by atoms with Gasteiger partial charge in [-0.25, -0.2) is 13.1 Å². The highest BCUT2D eigenvalue weighted by molar-refractivity contribution is 7.89. The topological polar surface area (TPSA) is 75.7 Å². The van der Waals surface area contributed by atoms with E-state index in [1.54, 1.807) is 36.3 Å². The van der Waals surface area contributed by atoms with E-state index in [1.807, 2.05) is 12.1 Å². The zero-order chi connectivity index (χ0) is 18.7. The van der Waals surface area contributed by atoms with Crippen molar-refractivity contribution >= 4 is 33.2 Å². The summed E-state index contributed by atoms with van der Waals surface area (Å²) in [5.41, 5.74) is 0.771. The molecule has 1 saturated heterocycles. The van der Waals surface area contributed by atoms with Crippen LogP contribution in [0.25, 0.3) is 0 Å². The Morgan fingerprint density at radius 1 is 1.19 bits per heavy atom. The lowest BCUT2D eigenvalue weighted by Crippen LogP contribution is -2.31. The highest BCUT2D eigenvalue weighted by atomic mass is 35.5. The highest BCUT2D eigenvalue weighted by Crippen LogP contribution is 2.27. The molecule has 0 aromatic heterocycles. The number of sulfonamides is 1. The normalized spacial score (nSPS) is 17.5. The molecule has 1 N–H and O–H groups in total. The number of benzene rings is 2. The molecule has 1 heterocycles. The lowest BCUT2D eigenvalue weighted by atomic mass is 10.1. The molecule has 0 unspecified atom stereocenters. The van der Waals surface area contributed by atoms with Crippen molar-refractivity contribution in [1.82, 2.24) is 4.72 Å². The first-order valence-corrected chi connectivity index (χ1v) is 9.95. The van der Waals surface area contributed by atoms with Gasteiger partial charge in [-0.15, -0.1) is 0 Å². The monoisotopic (exact) mass is 394 g/mol. The predicted molar refractivity (Wildman–Crippen MR) is 100 cm³/mol. The number of rotatable bonds is 6. The first-order valence-electron chi connectivity index (χ1n) is 8.09. The van der Waals surface area contributed by atoms with Gasteiger partial charge in [0.2, 0.25) is 15.9 Å². The van der Waals surface area contributed by atoms with Gasteiger partial charge in [0.25, 0.3) is 0 Å². The van der Waals surface area contributed by atoms with Crippen molar-refractivity contribution in [2.45, 2.75) is 11.3 Å². The summed E-state index contributed by atoms with van der Waals surface area (Å²) in [5, 5.41) is 0.169. The van der Waals surface area contributed by atoms with Crippen LogP contribution in [-0.2, 0) is 14.8 Å². The van der Waals surface area contributed by atoms with E-state index in [2.05, 4.69) is 4.72 Å². The summed E-state index contributed by atoms with van der Waals surface area (Å²) in [4.78, 5) is 14.0. The molecule has 1 atom stereocenters. The summed E-state index contributed by atoms with van der Waals surface area (Å²) in [6.07, 6.45) is 0.289. The fourth-order valence-electron chi connectivity index (χ4n) is 2.90. The molecule has 0 saturated carbocycles. The molecule has 6 nitrogen and oxygen atoms in total. The number of hydrogen-bond donors (Lipinski definition) is 1. The van der Waals surface area contributed by atoms with Crippen LogP contribution in [0.4, 0.5) is 5.69 Å². The molecule has 138 valence electrons. The van der Waals surface area contributed by atoms with Gasteiger partial charge >= 0.3 is 0 Å². The molecule has 0 spiro atoms. The second-order valence-electron chi connectivity index (χ2n) is 6.05. The first-order chi connectivity index (χ1) is 12.4. The number of nitrogens with one attached hydrogen (secondary N) is 1. The third-order valence-electron chi connectivity index (χ3n) is 4.28. The van der Waals surface area contributed by atoms with Crippen LogP contribution in [0.15, 0.2) is 53.4 Å². The summed E-state index contributed by atoms with van der Waals surface area (Å²) in [7, 11) is -2.13. The number of nitrogens with zero attached hydrogens (tertiary/aromatic N) is 1. The van der Waals surface area contributed by atoms with Gasteiger partial charge in [0.1, 0.15) is 10.6 Å². The average Bonchev–Trinajstić information content (AvgIpc) is 3.01. The number of carbonyl (C=O) groups is 1. The minimum Gasteiger partial charge on any atom is -0.497 e. The van der Waals surface area contributed by atoms with Crippen LogP contribution in [-0.4, -0.2) is 34.5 Å². The molecule has 26 heavy (non-hydrogen) atoms. The summed E-state index contributed by atoms with van der Waals surface area (Å²) in [6.45, 7) is 0.627. The zero-order valence-electron chi connectivity index (χ0n) is 14.2. The standard InChI is InChI=1S/C18H19ClN2O4S/c1-25-15-8-6-14(7-9-15)21-12-13(10-18(21)22)11-20-26(23,24)17-5-3-2-4-16(17)19/h2-9,13,20H,10-12H2,1H3/t13-/m0/s1. The number of methoxy groups -OCH3 is 1. The molecule has 1 aliphatic heterocycles. The van der Waals surface area contributed by atoms with Crippen molar-refractivity contribution < 1.29 is 17.9 Å². The average molecular weight is 395 g/mol. The Hall–Kier alpha value is -2.09. The third kappa shape index (κ3) is 4.00. The van der Waals surface area contributed by atoms with E-state index >= 15 is 0 Å². The molecule has 0 aliphatic carbocycles. The molecule has 1 fully saturated rings. The predicted octanol–water partition coefficient (Wildman–Crippen LogP) is 2.68. The summed E-state index contributed by atoms with van der Waals surface area (Å²) in [6, 6.07) is 13.5. The zero-order valence-corrected chi connectivity index (χ0v) is 15.8. The van der Waals surface area contributed by atoms with Gasteiger partial charge in [0.15, 0.2) is 0 Å². The van der Waals surface area contributed by atoms with Gasteiger partial charge in [-0.1, -0.05) is 23.7 Å². The van der Waals surface area contributed by atoms with Crippen LogP contribution in [0.2, 0.25) is 5.02 Å². The Balaban J connectivity index is 1.65. The maximum Gasteiger partial charge on any atom is 0.242 e. The van der Waals surface area contributed by atoms with Gasteiger partial charge in [0.05, 0.1) is 12.1 Å². The lowest BCUT2D eigenvalue weighted by Gasteiger charge is -2.17. The first kappa shape index (κ1) is 18.7. The second-order valence-corrected chi connectivity index (χ2v) is 8.20. The second kappa shape index (κ2) is 7.65. The van der Waals surface area contributed by atoms with Crippen LogP contribution >= 0.6 is 11.6 Å². The van der Waals surface area contributed by atoms with E-state index in [-0.39, 0.29) is 34.7 Å². The molecule has 2 aromatic rings. The third-order valence-corrected chi connectivity index (χ3v) is 6.20. The van der Waals surface area contributed by atoms with Gasteiger partial charge in [-0.3, -0.25) is 4.79 Å². The largest absolute Gasteiger partial charge is 0.497 e. The minimum atomic E-state index is -3.72. The van der Waals surface area contributed by atoms with Crippen molar-refractivity contribution in [3.63, 3.8) is 0 Å². The summed E-state index contributed by atoms with van der Waals surface area (Å²) in [5.74, 6) is 0.573. The Labute approximate surface area is 157 Å². The maximum absolute atomic E-state index is 12.4. The van der Waals surface area contributed by atoms with Crippen LogP contribution in [0.1, 0.15) is 6.42 Å². The van der Waals surface area contributed by atoms with Crippen molar-refractivity contribution in [3.05, 3.63) is 53.6 Å². The number of anilines is 1. The van der Waals surface area contributed by atoms with Gasteiger partial charge < -0.3 is 9.64 Å². The van der Waals surface area contributed by atoms with Crippen molar-refractivity contribution in [2.75, 3.05) is 25.1 Å². The maximum atomic E-state index is 12.4. The Morgan fingerprint density at radius 3 is 2.54 bits per heavy atom. The van der Waals surface area contributed by atoms with Gasteiger partial charge in [-0.2, -0.15) is 0 Å². The minimum absolute atomic E-state index is 0.0305. The van der Waals surface area contributed by atoms with E-state index in [0.29, 0.717) is 12.3 Å². The quantitative estimate of drug-likeness (QED) is 0.817. The number of hydrogen-bond acceptors (Lipinski definition) is 4. The van der Waals surface area contributed by atoms with Crippen LogP contribution < -0.4 is 14.4 Å². The summed E-state index contributed by atoms with van der Waals surface area (Å²) >= 11 is 5.96. The van der Waals surface area contributed by atoms with Crippen molar-refractivity contribution in [2.24, 2.45) is 5.92 Å². The number of carbonyl (C=O) groups excluding carboxylic acids is 1. The van der Waals surface area contributed by atoms with Crippen LogP contribution in [0, 0.1) is 5.92 Å². The van der Waals surface area contributed by atoms with E-state index < -0.39 is 10.0 Å². The molecule has 3 rings (SSSR count). The van der Waals surface area contributed by atoms with Crippen LogP contribution in [0.3, 0.4) is 0 Å². The van der Waals surface area contributed by atoms with E-state index in [9.17, 15) is 13.2 Å². The van der Waals surface area contributed by atoms with Gasteiger partial charge in [0, 0.05) is 25.2 Å². The molecule has 8 heteroatoms. The lowest BCUT2D eigenvalue weighted by molar-refractivity contribution is -0.117. The molecule has 1 aliphatic rings. The number of ether oxygens (including phenoxy) is 1. The molecule has 2 aromatic carbocycles. The fraction of sp³-hybridized carbons (Fsp3) is 0.278. The SMILES string of the molecule is COc1ccc(N2C[C@H](CNS(=O)(=O)c3ccccc3Cl)CC2=O)cc1. The van der Waals surface area contributed by atoms with E-state index in [4.69, 9.17) is 16.3 Å². The molecular formula is C18H19ClN2O4S. The Bertz CT molecular complexity index is 900. The fourth-order valence-corrected chi connectivity index (χ4v) is 4.53. The van der Waals surface area contributed by atoms with Crippen LogP contribution in [0.5, 0.6) is 5.75 Å². The van der Waals surface area contributed by atoms with E-state index in [0.717, 1.165) is 5.69 Å².